The summed E-state index contributed by atoms with van der Waals surface area (Å²) in [7, 11) is 0. The van der Waals surface area contributed by atoms with E-state index in [0.29, 0.717) is 11.0 Å². The van der Waals surface area contributed by atoms with Gasteiger partial charge < -0.3 is 9.52 Å². The van der Waals surface area contributed by atoms with Crippen LogP contribution in [0.5, 0.6) is 0 Å². The molecule has 1 rings (SSSR count). The Morgan fingerprint density at radius 2 is 1.89 bits per heavy atom. The molecule has 1 heterocycles. The number of aliphatic hydroxyl groups is 1. The van der Waals surface area contributed by atoms with Crippen molar-refractivity contribution in [2.75, 3.05) is 6.26 Å². The van der Waals surface area contributed by atoms with Crippen molar-refractivity contribution >= 4 is 11.8 Å². The Labute approximate surface area is 114 Å². The number of aliphatic hydroxyl groups excluding tert-OH is 1. The Morgan fingerprint density at radius 3 is 2.50 bits per heavy atom. The van der Waals surface area contributed by atoms with Crippen LogP contribution < -0.4 is 0 Å². The van der Waals surface area contributed by atoms with Gasteiger partial charge >= 0.3 is 0 Å². The Bertz CT molecular complexity index is 314. The number of thioether (sulfide) groups is 1. The summed E-state index contributed by atoms with van der Waals surface area (Å²) in [6.07, 6.45) is 12.7. The third kappa shape index (κ3) is 5.91. The van der Waals surface area contributed by atoms with Crippen LogP contribution in [0.2, 0.25) is 0 Å². The van der Waals surface area contributed by atoms with Crippen molar-refractivity contribution in [2.45, 2.75) is 69.6 Å². The van der Waals surface area contributed by atoms with E-state index in [2.05, 4.69) is 11.9 Å². The molecule has 0 bridgehead atoms. The Balaban J connectivity index is 2.08. The molecule has 0 fully saturated rings. The van der Waals surface area contributed by atoms with E-state index >= 15 is 0 Å². The molecule has 0 aromatic carbocycles. The van der Waals surface area contributed by atoms with Gasteiger partial charge in [0.15, 0.2) is 5.76 Å². The van der Waals surface area contributed by atoms with E-state index < -0.39 is 6.10 Å². The first-order chi connectivity index (χ1) is 8.77. The van der Waals surface area contributed by atoms with Crippen LogP contribution in [0, 0.1) is 0 Å². The molecule has 0 saturated heterocycles. The molecule has 1 aromatic heterocycles. The standard InChI is InChI=1S/C14H25NO2S/c1-3-4-5-6-7-8-9-10-12(16)13-11-15-14(17-13)18-2/h11-12,16H,3-10H2,1-2H3. The van der Waals surface area contributed by atoms with Crippen LogP contribution in [0.4, 0.5) is 0 Å². The Morgan fingerprint density at radius 1 is 1.22 bits per heavy atom. The molecular weight excluding hydrogens is 246 g/mol. The van der Waals surface area contributed by atoms with E-state index in [0.717, 1.165) is 12.8 Å². The zero-order chi connectivity index (χ0) is 13.2. The number of unbranched alkanes of at least 4 members (excludes halogenated alkanes) is 6. The minimum atomic E-state index is -0.492. The summed E-state index contributed by atoms with van der Waals surface area (Å²) >= 11 is 1.46. The topological polar surface area (TPSA) is 46.3 Å². The third-order valence-corrected chi connectivity index (χ3v) is 3.62. The summed E-state index contributed by atoms with van der Waals surface area (Å²) in [6, 6.07) is 0. The first-order valence-corrected chi connectivity index (χ1v) is 8.18. The van der Waals surface area contributed by atoms with Gasteiger partial charge in [-0.15, -0.1) is 0 Å². The van der Waals surface area contributed by atoms with Crippen molar-refractivity contribution in [1.29, 1.82) is 0 Å². The zero-order valence-electron chi connectivity index (χ0n) is 11.5. The fraction of sp³-hybridized carbons (Fsp3) is 0.786. The second-order valence-electron chi connectivity index (χ2n) is 4.66. The van der Waals surface area contributed by atoms with Gasteiger partial charge in [0.05, 0.1) is 6.20 Å². The smallest absolute Gasteiger partial charge is 0.255 e. The van der Waals surface area contributed by atoms with E-state index in [4.69, 9.17) is 4.42 Å². The fourth-order valence-electron chi connectivity index (χ4n) is 1.96. The quantitative estimate of drug-likeness (QED) is 0.500. The molecule has 0 radical (unpaired) electrons. The second-order valence-corrected chi connectivity index (χ2v) is 5.42. The van der Waals surface area contributed by atoms with E-state index in [-0.39, 0.29) is 0 Å². The minimum Gasteiger partial charge on any atom is -0.434 e. The summed E-state index contributed by atoms with van der Waals surface area (Å²) in [6.45, 7) is 2.23. The molecule has 1 aromatic rings. The third-order valence-electron chi connectivity index (χ3n) is 3.09. The monoisotopic (exact) mass is 271 g/mol. The maximum absolute atomic E-state index is 9.93. The highest BCUT2D eigenvalue weighted by Gasteiger charge is 2.12. The predicted octanol–water partition coefficient (Wildman–Crippen LogP) is 4.57. The SMILES string of the molecule is CCCCCCCCCC(O)c1cnc(SC)o1. The molecular formula is C14H25NO2S. The van der Waals surface area contributed by atoms with E-state index in [1.165, 1.54) is 50.3 Å². The summed E-state index contributed by atoms with van der Waals surface area (Å²) in [5, 5.41) is 10.6. The van der Waals surface area contributed by atoms with Gasteiger partial charge in [0.2, 0.25) is 0 Å². The molecule has 0 amide bonds. The van der Waals surface area contributed by atoms with Crippen LogP contribution in [0.3, 0.4) is 0 Å². The van der Waals surface area contributed by atoms with Gasteiger partial charge in [0.25, 0.3) is 5.22 Å². The van der Waals surface area contributed by atoms with Crippen LogP contribution >= 0.6 is 11.8 Å². The average Bonchev–Trinajstić information content (AvgIpc) is 2.86. The molecule has 0 spiro atoms. The van der Waals surface area contributed by atoms with Crippen molar-refractivity contribution in [3.8, 4) is 0 Å². The average molecular weight is 271 g/mol. The first-order valence-electron chi connectivity index (χ1n) is 6.95. The number of aromatic nitrogens is 1. The van der Waals surface area contributed by atoms with Crippen molar-refractivity contribution in [3.05, 3.63) is 12.0 Å². The molecule has 18 heavy (non-hydrogen) atoms. The van der Waals surface area contributed by atoms with Crippen LogP contribution in [0.15, 0.2) is 15.8 Å². The number of oxazole rings is 1. The molecule has 3 nitrogen and oxygen atoms in total. The molecule has 1 N–H and O–H groups in total. The first kappa shape index (κ1) is 15.6. The van der Waals surface area contributed by atoms with Gasteiger partial charge in [-0.1, -0.05) is 63.6 Å². The molecule has 0 aliphatic carbocycles. The Kier molecular flexibility index (Phi) is 8.18. The fourth-order valence-corrected chi connectivity index (χ4v) is 2.29. The van der Waals surface area contributed by atoms with Gasteiger partial charge in [-0.2, -0.15) is 0 Å². The molecule has 0 aliphatic rings. The number of hydrogen-bond acceptors (Lipinski definition) is 4. The van der Waals surface area contributed by atoms with Crippen LogP contribution in [-0.4, -0.2) is 16.3 Å². The molecule has 0 aliphatic heterocycles. The summed E-state index contributed by atoms with van der Waals surface area (Å²) in [4.78, 5) is 4.07. The predicted molar refractivity (Wildman–Crippen MR) is 75.9 cm³/mol. The van der Waals surface area contributed by atoms with Gasteiger partial charge in [0, 0.05) is 0 Å². The Hall–Kier alpha value is -0.480. The largest absolute Gasteiger partial charge is 0.434 e. The second kappa shape index (κ2) is 9.45. The highest BCUT2D eigenvalue weighted by molar-refractivity contribution is 7.98. The molecule has 4 heteroatoms. The maximum atomic E-state index is 9.93. The van der Waals surface area contributed by atoms with Crippen LogP contribution in [0.1, 0.15) is 70.2 Å². The summed E-state index contributed by atoms with van der Waals surface area (Å²) < 4.78 is 5.41. The lowest BCUT2D eigenvalue weighted by Crippen LogP contribution is -1.95. The highest BCUT2D eigenvalue weighted by Crippen LogP contribution is 2.23. The van der Waals surface area contributed by atoms with Gasteiger partial charge in [-0.3, -0.25) is 0 Å². The van der Waals surface area contributed by atoms with Crippen LogP contribution in [0.25, 0.3) is 0 Å². The van der Waals surface area contributed by atoms with Crippen LogP contribution in [-0.2, 0) is 0 Å². The lowest BCUT2D eigenvalue weighted by Gasteiger charge is -2.06. The van der Waals surface area contributed by atoms with E-state index in [9.17, 15) is 5.11 Å². The lowest BCUT2D eigenvalue weighted by molar-refractivity contribution is 0.131. The number of rotatable bonds is 10. The van der Waals surface area contributed by atoms with E-state index in [1.54, 1.807) is 6.20 Å². The van der Waals surface area contributed by atoms with Crippen molar-refractivity contribution in [1.82, 2.24) is 4.98 Å². The summed E-state index contributed by atoms with van der Waals surface area (Å²) in [5.41, 5.74) is 0. The molecule has 1 atom stereocenters. The van der Waals surface area contributed by atoms with Crippen molar-refractivity contribution in [3.63, 3.8) is 0 Å². The minimum absolute atomic E-state index is 0.492. The maximum Gasteiger partial charge on any atom is 0.255 e. The highest BCUT2D eigenvalue weighted by atomic mass is 32.2. The van der Waals surface area contributed by atoms with E-state index in [1.807, 2.05) is 6.26 Å². The molecule has 104 valence electrons. The molecule has 0 saturated carbocycles. The number of nitrogens with zero attached hydrogens (tertiary/aromatic N) is 1. The normalized spacial score (nSPS) is 12.8. The van der Waals surface area contributed by atoms with Gasteiger partial charge in [-0.25, -0.2) is 4.98 Å². The van der Waals surface area contributed by atoms with Crippen molar-refractivity contribution in [2.24, 2.45) is 0 Å². The molecule has 1 unspecified atom stereocenters. The van der Waals surface area contributed by atoms with Gasteiger partial charge in [-0.05, 0) is 12.7 Å². The number of hydrogen-bond donors (Lipinski definition) is 1. The zero-order valence-corrected chi connectivity index (χ0v) is 12.3. The lowest BCUT2D eigenvalue weighted by atomic mass is 10.1. The summed E-state index contributed by atoms with van der Waals surface area (Å²) in [5.74, 6) is 0.602. The van der Waals surface area contributed by atoms with Gasteiger partial charge in [0.1, 0.15) is 6.10 Å². The van der Waals surface area contributed by atoms with Crippen molar-refractivity contribution < 1.29 is 9.52 Å².